The quantitative estimate of drug-likeness (QED) is 0.210. The second-order valence-corrected chi connectivity index (χ2v) is 12.6. The van der Waals surface area contributed by atoms with Crippen molar-refractivity contribution in [3.63, 3.8) is 0 Å². The first-order chi connectivity index (χ1) is 16.3. The molecule has 4 fully saturated rings. The molecule has 0 aromatic carbocycles. The number of nitrogens with two attached hydrogens (primary N) is 1. The molecule has 9 heteroatoms. The first-order valence-corrected chi connectivity index (χ1v) is 12.8. The lowest BCUT2D eigenvalue weighted by molar-refractivity contribution is -0.309. The minimum absolute atomic E-state index is 0.0176. The Kier molecular flexibility index (Phi) is 6.50. The van der Waals surface area contributed by atoms with E-state index in [4.69, 9.17) is 20.6 Å². The zero-order chi connectivity index (χ0) is 25.8. The van der Waals surface area contributed by atoms with E-state index < -0.39 is 28.8 Å². The Balaban J connectivity index is 1.45. The molecule has 2 amide bonds. The van der Waals surface area contributed by atoms with Gasteiger partial charge in [-0.05, 0) is 62.5 Å². The van der Waals surface area contributed by atoms with Gasteiger partial charge in [-0.25, -0.2) is 4.79 Å². The Hall–Kier alpha value is -2.13. The molecule has 4 rings (SSSR count). The van der Waals surface area contributed by atoms with Gasteiger partial charge in [-0.2, -0.15) is 0 Å². The molecule has 6 N–H and O–H groups in total. The van der Waals surface area contributed by atoms with Crippen molar-refractivity contribution in [2.45, 2.75) is 78.2 Å². The third kappa shape index (κ3) is 4.14. The Morgan fingerprint density at radius 2 is 1.97 bits per heavy atom. The van der Waals surface area contributed by atoms with Crippen LogP contribution in [0.3, 0.4) is 0 Å². The van der Waals surface area contributed by atoms with Crippen LogP contribution in [0.2, 0.25) is 0 Å². The fourth-order valence-electron chi connectivity index (χ4n) is 7.23. The molecule has 0 heterocycles. The number of rotatable bonds is 12. The lowest BCUT2D eigenvalue weighted by atomic mass is 9.35. The number of aliphatic hydroxyl groups is 1. The summed E-state index contributed by atoms with van der Waals surface area (Å²) in [6.45, 7) is 10.1. The highest BCUT2D eigenvalue weighted by Crippen LogP contribution is 2.82. The van der Waals surface area contributed by atoms with Crippen LogP contribution < -0.4 is 16.4 Å². The summed E-state index contributed by atoms with van der Waals surface area (Å²) in [4.78, 5) is 24.6. The van der Waals surface area contributed by atoms with Gasteiger partial charge in [0.15, 0.2) is 0 Å². The van der Waals surface area contributed by atoms with Crippen molar-refractivity contribution in [2.24, 2.45) is 45.7 Å². The van der Waals surface area contributed by atoms with Crippen molar-refractivity contribution in [2.75, 3.05) is 13.2 Å². The second kappa shape index (κ2) is 8.76. The topological polar surface area (TPSA) is 147 Å². The van der Waals surface area contributed by atoms with Crippen LogP contribution in [0.1, 0.15) is 60.3 Å². The normalized spacial score (nSPS) is 37.1. The standard InChI is InChI=1S/C26H42N4O5/c1-15(2)12-34-21(29-7-6-23(3,4)14-35-22(28)32)24(5,13-27)20(31)30-19-16-8-17-10-25(33)11-18(19)26(17,25)9-16/h6-7,13,15-19,21,27,29,33H,8-12,14H2,1-5H3,(H2,28,32)(H,30,31)/b7-6+,27-13?/t16?,17?,18?,19-,21?,24?,25+,26?/m1/s1. The lowest BCUT2D eigenvalue weighted by Gasteiger charge is -2.72. The van der Waals surface area contributed by atoms with Crippen molar-refractivity contribution < 1.29 is 24.2 Å². The number of carbonyl (C=O) groups is 2. The van der Waals surface area contributed by atoms with Crippen LogP contribution >= 0.6 is 0 Å². The van der Waals surface area contributed by atoms with Crippen LogP contribution in [0.4, 0.5) is 4.79 Å². The highest BCUT2D eigenvalue weighted by molar-refractivity contribution is 5.98. The molecule has 0 radical (unpaired) electrons. The predicted molar refractivity (Wildman–Crippen MR) is 131 cm³/mol. The van der Waals surface area contributed by atoms with Crippen LogP contribution in [0, 0.1) is 45.3 Å². The molecule has 0 aromatic rings. The number of hydrogen-bond donors (Lipinski definition) is 5. The van der Waals surface area contributed by atoms with Crippen LogP contribution in [0.25, 0.3) is 0 Å². The zero-order valence-electron chi connectivity index (χ0n) is 21.6. The molecule has 4 aliphatic carbocycles. The Bertz CT molecular complexity index is 906. The summed E-state index contributed by atoms with van der Waals surface area (Å²) in [6, 6.07) is 0.0461. The fourth-order valence-corrected chi connectivity index (χ4v) is 7.23. The van der Waals surface area contributed by atoms with Crippen molar-refractivity contribution in [3.05, 3.63) is 12.3 Å². The molecular weight excluding hydrogens is 448 g/mol. The molecule has 35 heavy (non-hydrogen) atoms. The smallest absolute Gasteiger partial charge is 0.404 e. The van der Waals surface area contributed by atoms with E-state index >= 15 is 0 Å². The van der Waals surface area contributed by atoms with E-state index in [2.05, 4.69) is 10.6 Å². The number of primary amides is 1. The number of nitrogens with one attached hydrogen (secondary N) is 3. The van der Waals surface area contributed by atoms with E-state index in [9.17, 15) is 14.7 Å². The van der Waals surface area contributed by atoms with Crippen molar-refractivity contribution in [3.8, 4) is 0 Å². The van der Waals surface area contributed by atoms with Crippen molar-refractivity contribution in [1.82, 2.24) is 10.6 Å². The van der Waals surface area contributed by atoms with Crippen LogP contribution in [-0.4, -0.2) is 54.4 Å². The summed E-state index contributed by atoms with van der Waals surface area (Å²) in [5.74, 6) is 1.34. The highest BCUT2D eigenvalue weighted by Gasteiger charge is 2.83. The maximum atomic E-state index is 13.7. The van der Waals surface area contributed by atoms with Gasteiger partial charge in [-0.15, -0.1) is 0 Å². The number of fused-ring (bicyclic) bond motifs is 1. The third-order valence-electron chi connectivity index (χ3n) is 9.12. The SMILES string of the molecule is CC(C)COC(N/C=C/C(C)(C)COC(N)=O)C(C)(C=N)C(=O)N[C@@H]1C2CC3C[C@]4(O)CC1C34C2. The van der Waals surface area contributed by atoms with Crippen molar-refractivity contribution >= 4 is 18.2 Å². The summed E-state index contributed by atoms with van der Waals surface area (Å²) in [5, 5.41) is 25.5. The van der Waals surface area contributed by atoms with Gasteiger partial charge < -0.3 is 36.4 Å². The lowest BCUT2D eigenvalue weighted by Crippen LogP contribution is -2.76. The molecule has 196 valence electrons. The van der Waals surface area contributed by atoms with Gasteiger partial charge in [0, 0.05) is 23.1 Å². The molecule has 6 unspecified atom stereocenters. The van der Waals surface area contributed by atoms with Gasteiger partial charge in [0.1, 0.15) is 18.2 Å². The first kappa shape index (κ1) is 25.9. The molecular formula is C26H42N4O5. The average Bonchev–Trinajstić information content (AvgIpc) is 3.28. The Labute approximate surface area is 208 Å². The maximum Gasteiger partial charge on any atom is 0.404 e. The fraction of sp³-hybridized carbons (Fsp3) is 0.808. The summed E-state index contributed by atoms with van der Waals surface area (Å²) < 4.78 is 11.0. The van der Waals surface area contributed by atoms with Crippen LogP contribution in [0.15, 0.2) is 12.3 Å². The predicted octanol–water partition coefficient (Wildman–Crippen LogP) is 2.53. The largest absolute Gasteiger partial charge is 0.449 e. The van der Waals surface area contributed by atoms with Crippen LogP contribution in [0.5, 0.6) is 0 Å². The number of hydrogen-bond acceptors (Lipinski definition) is 7. The number of carbonyl (C=O) groups excluding carboxylic acids is 2. The van der Waals surface area contributed by atoms with Crippen LogP contribution in [-0.2, 0) is 14.3 Å². The van der Waals surface area contributed by atoms with E-state index in [1.165, 1.54) is 0 Å². The second-order valence-electron chi connectivity index (χ2n) is 12.6. The van der Waals surface area contributed by atoms with E-state index in [1.54, 1.807) is 13.1 Å². The van der Waals surface area contributed by atoms with Crippen molar-refractivity contribution in [1.29, 1.82) is 5.41 Å². The molecule has 0 aromatic heterocycles. The van der Waals surface area contributed by atoms with E-state index in [0.717, 1.165) is 31.9 Å². The molecule has 4 aliphatic rings. The maximum absolute atomic E-state index is 13.7. The number of amides is 2. The monoisotopic (exact) mass is 490 g/mol. The molecule has 0 aliphatic heterocycles. The van der Waals surface area contributed by atoms with Gasteiger partial charge in [0.05, 0.1) is 12.2 Å². The highest BCUT2D eigenvalue weighted by atomic mass is 16.5. The van der Waals surface area contributed by atoms with Gasteiger partial charge in [0.25, 0.3) is 0 Å². The molecule has 1 spiro atoms. The van der Waals surface area contributed by atoms with E-state index in [0.29, 0.717) is 24.4 Å². The molecule has 2 bridgehead atoms. The Morgan fingerprint density at radius 3 is 2.54 bits per heavy atom. The molecule has 8 atom stereocenters. The summed E-state index contributed by atoms with van der Waals surface area (Å²) >= 11 is 0. The van der Waals surface area contributed by atoms with Gasteiger partial charge >= 0.3 is 6.09 Å². The summed E-state index contributed by atoms with van der Waals surface area (Å²) in [6.07, 6.45) is 6.83. The Morgan fingerprint density at radius 1 is 1.26 bits per heavy atom. The van der Waals surface area contributed by atoms with Gasteiger partial charge in [-0.1, -0.05) is 33.8 Å². The first-order valence-electron chi connectivity index (χ1n) is 12.8. The molecule has 9 nitrogen and oxygen atoms in total. The number of ether oxygens (including phenoxy) is 2. The minimum atomic E-state index is -1.24. The van der Waals surface area contributed by atoms with E-state index in [-0.39, 0.29) is 29.9 Å². The van der Waals surface area contributed by atoms with E-state index in [1.807, 2.05) is 33.8 Å². The minimum Gasteiger partial charge on any atom is -0.449 e. The average molecular weight is 491 g/mol. The molecule has 0 saturated heterocycles. The van der Waals surface area contributed by atoms with Gasteiger partial charge in [-0.3, -0.25) is 4.79 Å². The summed E-state index contributed by atoms with van der Waals surface area (Å²) in [5.41, 5.74) is 2.85. The third-order valence-corrected chi connectivity index (χ3v) is 9.12. The summed E-state index contributed by atoms with van der Waals surface area (Å²) in [7, 11) is 0. The van der Waals surface area contributed by atoms with Gasteiger partial charge in [0.2, 0.25) is 5.91 Å². The zero-order valence-corrected chi connectivity index (χ0v) is 21.6. The molecule has 4 saturated carbocycles.